The molecule has 0 aromatic rings. The van der Waals surface area contributed by atoms with Gasteiger partial charge in [0.1, 0.15) is 0 Å². The summed E-state index contributed by atoms with van der Waals surface area (Å²) >= 11 is 0. The number of nitrogens with zero attached hydrogens (tertiary/aromatic N) is 1. The van der Waals surface area contributed by atoms with Crippen molar-refractivity contribution < 1.29 is 5.11 Å². The highest BCUT2D eigenvalue weighted by Gasteiger charge is 2.22. The molecule has 0 unspecified atom stereocenters. The Kier molecular flexibility index (Phi) is 4.27. The summed E-state index contributed by atoms with van der Waals surface area (Å²) < 4.78 is 0. The molecule has 2 heteroatoms. The van der Waals surface area contributed by atoms with Crippen LogP contribution in [0.15, 0.2) is 0 Å². The summed E-state index contributed by atoms with van der Waals surface area (Å²) in [7, 11) is 2.09. The van der Waals surface area contributed by atoms with E-state index in [0.29, 0.717) is 18.6 Å². The van der Waals surface area contributed by atoms with Crippen LogP contribution in [0, 0.1) is 18.3 Å². The number of hydrogen-bond acceptors (Lipinski definition) is 2. The summed E-state index contributed by atoms with van der Waals surface area (Å²) in [6.07, 6.45) is 9.92. The van der Waals surface area contributed by atoms with Crippen LogP contribution in [-0.2, 0) is 0 Å². The zero-order chi connectivity index (χ0) is 9.68. The van der Waals surface area contributed by atoms with E-state index in [4.69, 9.17) is 11.5 Å². The molecule has 1 fully saturated rings. The van der Waals surface area contributed by atoms with Crippen molar-refractivity contribution in [1.29, 1.82) is 0 Å². The molecule has 0 aromatic carbocycles. The van der Waals surface area contributed by atoms with Crippen LogP contribution in [0.5, 0.6) is 0 Å². The highest BCUT2D eigenvalue weighted by molar-refractivity contribution is 4.90. The van der Waals surface area contributed by atoms with E-state index in [2.05, 4.69) is 17.9 Å². The van der Waals surface area contributed by atoms with Gasteiger partial charge in [-0.05, 0) is 38.6 Å². The molecule has 1 aliphatic rings. The Hall–Kier alpha value is -0.520. The standard InChI is InChI=1S/C11H19NO/c1-3-8-12(2)11-6-4-10(9-13)5-7-11/h1,10-11,13H,4-9H2,2H3. The minimum atomic E-state index is 0.353. The Morgan fingerprint density at radius 3 is 2.46 bits per heavy atom. The largest absolute Gasteiger partial charge is 0.396 e. The van der Waals surface area contributed by atoms with Crippen molar-refractivity contribution in [3.8, 4) is 12.3 Å². The molecule has 74 valence electrons. The lowest BCUT2D eigenvalue weighted by Crippen LogP contribution is -2.35. The maximum Gasteiger partial charge on any atom is 0.0598 e. The van der Waals surface area contributed by atoms with Gasteiger partial charge in [-0.25, -0.2) is 0 Å². The van der Waals surface area contributed by atoms with Crippen LogP contribution in [0.3, 0.4) is 0 Å². The molecule has 1 saturated carbocycles. The van der Waals surface area contributed by atoms with E-state index < -0.39 is 0 Å². The van der Waals surface area contributed by atoms with Crippen molar-refractivity contribution >= 4 is 0 Å². The normalized spacial score (nSPS) is 28.8. The highest BCUT2D eigenvalue weighted by atomic mass is 16.3. The van der Waals surface area contributed by atoms with Crippen molar-refractivity contribution in [1.82, 2.24) is 4.90 Å². The third-order valence-electron chi connectivity index (χ3n) is 3.04. The summed E-state index contributed by atoms with van der Waals surface area (Å²) in [6.45, 7) is 1.10. The molecule has 1 rings (SSSR count). The minimum Gasteiger partial charge on any atom is -0.396 e. The van der Waals surface area contributed by atoms with E-state index in [0.717, 1.165) is 19.4 Å². The molecule has 0 bridgehead atoms. The van der Waals surface area contributed by atoms with Crippen molar-refractivity contribution in [2.24, 2.45) is 5.92 Å². The van der Waals surface area contributed by atoms with E-state index in [1.165, 1.54) is 12.8 Å². The highest BCUT2D eigenvalue weighted by Crippen LogP contribution is 2.26. The Balaban J connectivity index is 2.28. The number of terminal acetylenes is 1. The Bertz CT molecular complexity index is 177. The molecular weight excluding hydrogens is 162 g/mol. The van der Waals surface area contributed by atoms with E-state index >= 15 is 0 Å². The molecule has 1 N–H and O–H groups in total. The number of aliphatic hydroxyl groups is 1. The summed E-state index contributed by atoms with van der Waals surface area (Å²) in [5.74, 6) is 3.20. The lowest BCUT2D eigenvalue weighted by molar-refractivity contribution is 0.135. The van der Waals surface area contributed by atoms with Gasteiger partial charge in [0, 0.05) is 12.6 Å². The number of hydrogen-bond donors (Lipinski definition) is 1. The fraction of sp³-hybridized carbons (Fsp3) is 0.818. The first-order valence-electron chi connectivity index (χ1n) is 5.02. The average Bonchev–Trinajstić information content (AvgIpc) is 2.18. The zero-order valence-electron chi connectivity index (χ0n) is 8.37. The smallest absolute Gasteiger partial charge is 0.0598 e. The maximum atomic E-state index is 8.97. The van der Waals surface area contributed by atoms with Gasteiger partial charge in [0.05, 0.1) is 6.54 Å². The summed E-state index contributed by atoms with van der Waals surface area (Å²) in [5, 5.41) is 8.97. The fourth-order valence-corrected chi connectivity index (χ4v) is 2.04. The second kappa shape index (κ2) is 5.26. The van der Waals surface area contributed by atoms with Crippen LogP contribution in [0.1, 0.15) is 25.7 Å². The molecule has 0 heterocycles. The van der Waals surface area contributed by atoms with Crippen LogP contribution in [0.2, 0.25) is 0 Å². The summed E-state index contributed by atoms with van der Waals surface area (Å²) in [4.78, 5) is 2.24. The lowest BCUT2D eigenvalue weighted by atomic mass is 9.86. The van der Waals surface area contributed by atoms with Crippen molar-refractivity contribution in [2.75, 3.05) is 20.2 Å². The lowest BCUT2D eigenvalue weighted by Gasteiger charge is -2.33. The van der Waals surface area contributed by atoms with Crippen LogP contribution in [0.4, 0.5) is 0 Å². The third kappa shape index (κ3) is 3.02. The van der Waals surface area contributed by atoms with E-state index in [-0.39, 0.29) is 0 Å². The van der Waals surface area contributed by atoms with Gasteiger partial charge in [-0.2, -0.15) is 0 Å². The summed E-state index contributed by atoms with van der Waals surface area (Å²) in [5.41, 5.74) is 0. The molecule has 0 aromatic heterocycles. The van der Waals surface area contributed by atoms with Gasteiger partial charge in [-0.3, -0.25) is 4.90 Å². The van der Waals surface area contributed by atoms with Crippen LogP contribution >= 0.6 is 0 Å². The number of aliphatic hydroxyl groups excluding tert-OH is 1. The fourth-order valence-electron chi connectivity index (χ4n) is 2.04. The zero-order valence-corrected chi connectivity index (χ0v) is 8.37. The molecule has 0 radical (unpaired) electrons. The van der Waals surface area contributed by atoms with Gasteiger partial charge in [-0.1, -0.05) is 5.92 Å². The van der Waals surface area contributed by atoms with Gasteiger partial charge in [-0.15, -0.1) is 6.42 Å². The SMILES string of the molecule is C#CCN(C)C1CCC(CO)CC1. The first-order valence-corrected chi connectivity index (χ1v) is 5.02. The van der Waals surface area contributed by atoms with Gasteiger partial charge in [0.15, 0.2) is 0 Å². The Morgan fingerprint density at radius 1 is 1.38 bits per heavy atom. The first-order chi connectivity index (χ1) is 6.27. The van der Waals surface area contributed by atoms with Gasteiger partial charge in [0.25, 0.3) is 0 Å². The molecule has 13 heavy (non-hydrogen) atoms. The minimum absolute atomic E-state index is 0.353. The van der Waals surface area contributed by atoms with Gasteiger partial charge >= 0.3 is 0 Å². The molecular formula is C11H19NO. The maximum absolute atomic E-state index is 8.97. The van der Waals surface area contributed by atoms with E-state index in [1.807, 2.05) is 0 Å². The monoisotopic (exact) mass is 181 g/mol. The first kappa shape index (κ1) is 10.6. The summed E-state index contributed by atoms with van der Waals surface area (Å²) in [6, 6.07) is 0.638. The van der Waals surface area contributed by atoms with Crippen molar-refractivity contribution in [2.45, 2.75) is 31.7 Å². The van der Waals surface area contributed by atoms with Gasteiger partial charge < -0.3 is 5.11 Å². The van der Waals surface area contributed by atoms with Crippen LogP contribution in [0.25, 0.3) is 0 Å². The Morgan fingerprint density at radius 2 is 2.00 bits per heavy atom. The molecule has 0 saturated heterocycles. The topological polar surface area (TPSA) is 23.5 Å². The molecule has 0 spiro atoms. The predicted molar refractivity (Wildman–Crippen MR) is 54.3 cm³/mol. The third-order valence-corrected chi connectivity index (χ3v) is 3.04. The quantitative estimate of drug-likeness (QED) is 0.659. The molecule has 1 aliphatic carbocycles. The van der Waals surface area contributed by atoms with Crippen LogP contribution < -0.4 is 0 Å². The molecule has 2 nitrogen and oxygen atoms in total. The van der Waals surface area contributed by atoms with Gasteiger partial charge in [0.2, 0.25) is 0 Å². The molecule has 0 aliphatic heterocycles. The van der Waals surface area contributed by atoms with Crippen molar-refractivity contribution in [3.05, 3.63) is 0 Å². The van der Waals surface area contributed by atoms with Crippen molar-refractivity contribution in [3.63, 3.8) is 0 Å². The molecule has 0 atom stereocenters. The van der Waals surface area contributed by atoms with Crippen LogP contribution in [-0.4, -0.2) is 36.2 Å². The second-order valence-corrected chi connectivity index (χ2v) is 3.98. The number of rotatable bonds is 3. The van der Waals surface area contributed by atoms with E-state index in [1.54, 1.807) is 0 Å². The second-order valence-electron chi connectivity index (χ2n) is 3.98. The predicted octanol–water partition coefficient (Wildman–Crippen LogP) is 1.10. The Labute approximate surface area is 80.9 Å². The van der Waals surface area contributed by atoms with E-state index in [9.17, 15) is 0 Å². The average molecular weight is 181 g/mol. The molecule has 0 amide bonds.